The van der Waals surface area contributed by atoms with Gasteiger partial charge in [-0.15, -0.1) is 0 Å². The van der Waals surface area contributed by atoms with Crippen molar-refractivity contribution in [1.29, 1.82) is 0 Å². The van der Waals surface area contributed by atoms with Gasteiger partial charge in [-0.1, -0.05) is 18.2 Å². The van der Waals surface area contributed by atoms with Gasteiger partial charge in [-0.2, -0.15) is 0 Å². The van der Waals surface area contributed by atoms with Crippen molar-refractivity contribution < 1.29 is 14.3 Å². The summed E-state index contributed by atoms with van der Waals surface area (Å²) in [4.78, 5) is 18.4. The van der Waals surface area contributed by atoms with Crippen LogP contribution in [0.1, 0.15) is 36.9 Å². The van der Waals surface area contributed by atoms with Crippen LogP contribution < -0.4 is 14.4 Å². The first-order valence-corrected chi connectivity index (χ1v) is 11.4. The zero-order valence-corrected chi connectivity index (χ0v) is 18.3. The molecule has 0 aromatic heterocycles. The van der Waals surface area contributed by atoms with E-state index in [0.717, 1.165) is 50.8 Å². The van der Waals surface area contributed by atoms with Crippen molar-refractivity contribution in [2.45, 2.75) is 32.4 Å². The van der Waals surface area contributed by atoms with Gasteiger partial charge in [-0.05, 0) is 54.8 Å². The molecular formula is C25H31N3O3. The highest BCUT2D eigenvalue weighted by molar-refractivity contribution is 5.73. The van der Waals surface area contributed by atoms with Crippen LogP contribution in [0.15, 0.2) is 42.5 Å². The number of ether oxygens (including phenoxy) is 2. The van der Waals surface area contributed by atoms with Gasteiger partial charge in [0.2, 0.25) is 5.91 Å². The standard InChI is InChI=1S/C25H31N3O3/c1-19(29)26-11-13-27(14-12-26)22-7-4-20(5-8-22)18-28-10-2-3-23(28)21-6-9-24-25(17-21)31-16-15-30-24/h4-9,17,23H,2-3,10-16,18H2,1H3/t23-/m1/s1. The van der Waals surface area contributed by atoms with E-state index in [0.29, 0.717) is 19.3 Å². The molecule has 0 N–H and O–H groups in total. The van der Waals surface area contributed by atoms with Crippen LogP contribution in [0.4, 0.5) is 5.69 Å². The molecule has 1 amide bonds. The summed E-state index contributed by atoms with van der Waals surface area (Å²) in [6.07, 6.45) is 2.40. The Kier molecular flexibility index (Phi) is 5.72. The van der Waals surface area contributed by atoms with Gasteiger partial charge in [-0.25, -0.2) is 0 Å². The molecule has 2 saturated heterocycles. The van der Waals surface area contributed by atoms with Gasteiger partial charge in [0.1, 0.15) is 13.2 Å². The van der Waals surface area contributed by atoms with Crippen molar-refractivity contribution in [1.82, 2.24) is 9.80 Å². The molecule has 0 radical (unpaired) electrons. The van der Waals surface area contributed by atoms with Crippen LogP contribution in [0.5, 0.6) is 11.5 Å². The van der Waals surface area contributed by atoms with E-state index in [1.165, 1.54) is 29.7 Å². The minimum atomic E-state index is 0.174. The van der Waals surface area contributed by atoms with Crippen molar-refractivity contribution in [3.63, 3.8) is 0 Å². The average molecular weight is 422 g/mol. The largest absolute Gasteiger partial charge is 0.486 e. The summed E-state index contributed by atoms with van der Waals surface area (Å²) < 4.78 is 11.5. The van der Waals surface area contributed by atoms with Crippen LogP contribution in [-0.2, 0) is 11.3 Å². The number of nitrogens with zero attached hydrogens (tertiary/aromatic N) is 3. The number of carbonyl (C=O) groups excluding carboxylic acids is 1. The smallest absolute Gasteiger partial charge is 0.219 e. The summed E-state index contributed by atoms with van der Waals surface area (Å²) >= 11 is 0. The van der Waals surface area contributed by atoms with Crippen molar-refractivity contribution in [3.05, 3.63) is 53.6 Å². The van der Waals surface area contributed by atoms with Gasteiger partial charge in [-0.3, -0.25) is 9.69 Å². The van der Waals surface area contributed by atoms with E-state index in [1.807, 2.05) is 4.90 Å². The lowest BCUT2D eigenvalue weighted by Gasteiger charge is -2.35. The molecule has 6 heteroatoms. The molecule has 0 aliphatic carbocycles. The second kappa shape index (κ2) is 8.79. The second-order valence-electron chi connectivity index (χ2n) is 8.69. The summed E-state index contributed by atoms with van der Waals surface area (Å²) in [7, 11) is 0. The van der Waals surface area contributed by atoms with Gasteiger partial charge in [0.15, 0.2) is 11.5 Å². The molecule has 0 saturated carbocycles. The Balaban J connectivity index is 1.23. The molecule has 5 rings (SSSR count). The fourth-order valence-corrected chi connectivity index (χ4v) is 4.99. The van der Waals surface area contributed by atoms with E-state index in [-0.39, 0.29) is 5.91 Å². The molecule has 0 unspecified atom stereocenters. The Labute approximate surface area is 184 Å². The molecule has 2 aromatic carbocycles. The van der Waals surface area contributed by atoms with Crippen molar-refractivity contribution in [2.24, 2.45) is 0 Å². The Morgan fingerprint density at radius 3 is 2.42 bits per heavy atom. The molecular weight excluding hydrogens is 390 g/mol. The third kappa shape index (κ3) is 4.35. The number of benzene rings is 2. The van der Waals surface area contributed by atoms with E-state index in [1.54, 1.807) is 6.92 Å². The maximum atomic E-state index is 11.5. The van der Waals surface area contributed by atoms with Gasteiger partial charge in [0, 0.05) is 51.4 Å². The monoisotopic (exact) mass is 421 g/mol. The quantitative estimate of drug-likeness (QED) is 0.757. The Morgan fingerprint density at radius 1 is 0.935 bits per heavy atom. The van der Waals surface area contributed by atoms with Crippen molar-refractivity contribution in [3.8, 4) is 11.5 Å². The maximum absolute atomic E-state index is 11.5. The van der Waals surface area contributed by atoms with Crippen LogP contribution in [0.25, 0.3) is 0 Å². The SMILES string of the molecule is CC(=O)N1CCN(c2ccc(CN3CCC[C@@H]3c3ccc4c(c3)OCCO4)cc2)CC1. The van der Waals surface area contributed by atoms with E-state index >= 15 is 0 Å². The van der Waals surface area contributed by atoms with Crippen molar-refractivity contribution >= 4 is 11.6 Å². The van der Waals surface area contributed by atoms with E-state index in [2.05, 4.69) is 52.3 Å². The fraction of sp³-hybridized carbons (Fsp3) is 0.480. The lowest BCUT2D eigenvalue weighted by Crippen LogP contribution is -2.48. The topological polar surface area (TPSA) is 45.3 Å². The van der Waals surface area contributed by atoms with Crippen LogP contribution in [-0.4, -0.2) is 61.6 Å². The lowest BCUT2D eigenvalue weighted by molar-refractivity contribution is -0.129. The second-order valence-corrected chi connectivity index (χ2v) is 8.69. The number of hydrogen-bond acceptors (Lipinski definition) is 5. The molecule has 3 aliphatic rings. The number of hydrogen-bond donors (Lipinski definition) is 0. The average Bonchev–Trinajstić information content (AvgIpc) is 3.27. The number of fused-ring (bicyclic) bond motifs is 1. The summed E-state index contributed by atoms with van der Waals surface area (Å²) in [5.74, 6) is 1.91. The number of anilines is 1. The van der Waals surface area contributed by atoms with Crippen LogP contribution in [0.2, 0.25) is 0 Å². The highest BCUT2D eigenvalue weighted by atomic mass is 16.6. The Hall–Kier alpha value is -2.73. The third-order valence-corrected chi connectivity index (χ3v) is 6.73. The molecule has 3 aliphatic heterocycles. The zero-order valence-electron chi connectivity index (χ0n) is 18.3. The highest BCUT2D eigenvalue weighted by Gasteiger charge is 2.27. The molecule has 0 spiro atoms. The van der Waals surface area contributed by atoms with Gasteiger partial charge >= 0.3 is 0 Å². The first-order valence-electron chi connectivity index (χ1n) is 11.4. The molecule has 0 bridgehead atoms. The number of likely N-dealkylation sites (tertiary alicyclic amines) is 1. The van der Waals surface area contributed by atoms with Crippen LogP contribution >= 0.6 is 0 Å². The Bertz CT molecular complexity index is 922. The molecule has 31 heavy (non-hydrogen) atoms. The number of amides is 1. The molecule has 2 aromatic rings. The molecule has 3 heterocycles. The van der Waals surface area contributed by atoms with Crippen LogP contribution in [0.3, 0.4) is 0 Å². The lowest BCUT2D eigenvalue weighted by atomic mass is 10.0. The van der Waals surface area contributed by atoms with Gasteiger partial charge in [0.05, 0.1) is 0 Å². The van der Waals surface area contributed by atoms with E-state index < -0.39 is 0 Å². The Morgan fingerprint density at radius 2 is 1.68 bits per heavy atom. The maximum Gasteiger partial charge on any atom is 0.219 e. The minimum Gasteiger partial charge on any atom is -0.486 e. The highest BCUT2D eigenvalue weighted by Crippen LogP contribution is 2.38. The summed E-state index contributed by atoms with van der Waals surface area (Å²) in [6.45, 7) is 8.40. The molecule has 1 atom stereocenters. The summed E-state index contributed by atoms with van der Waals surface area (Å²) in [6, 6.07) is 15.8. The number of rotatable bonds is 4. The van der Waals surface area contributed by atoms with Crippen LogP contribution in [0, 0.1) is 0 Å². The molecule has 6 nitrogen and oxygen atoms in total. The summed E-state index contributed by atoms with van der Waals surface area (Å²) in [5, 5.41) is 0. The predicted octanol–water partition coefficient (Wildman–Crippen LogP) is 3.46. The van der Waals surface area contributed by atoms with E-state index in [4.69, 9.17) is 9.47 Å². The van der Waals surface area contributed by atoms with Gasteiger partial charge < -0.3 is 19.3 Å². The number of piperazine rings is 1. The predicted molar refractivity (Wildman–Crippen MR) is 121 cm³/mol. The zero-order chi connectivity index (χ0) is 21.2. The minimum absolute atomic E-state index is 0.174. The molecule has 164 valence electrons. The first kappa shape index (κ1) is 20.2. The van der Waals surface area contributed by atoms with Crippen molar-refractivity contribution in [2.75, 3.05) is 50.8 Å². The molecule has 2 fully saturated rings. The first-order chi connectivity index (χ1) is 15.2. The van der Waals surface area contributed by atoms with Gasteiger partial charge in [0.25, 0.3) is 0 Å². The normalized spacial score (nSPS) is 21.4. The summed E-state index contributed by atoms with van der Waals surface area (Å²) in [5.41, 5.74) is 3.91. The van der Waals surface area contributed by atoms with E-state index in [9.17, 15) is 4.79 Å². The number of carbonyl (C=O) groups is 1. The fourth-order valence-electron chi connectivity index (χ4n) is 4.99. The third-order valence-electron chi connectivity index (χ3n) is 6.73.